The number of rotatable bonds is 2. The first-order valence-electron chi connectivity index (χ1n) is 6.57. The molecule has 7 nitrogen and oxygen atoms in total. The molecule has 1 atom stereocenters. The summed E-state index contributed by atoms with van der Waals surface area (Å²) < 4.78 is 7.90. The van der Waals surface area contributed by atoms with E-state index in [1.165, 1.54) is 11.6 Å². The second-order valence-corrected chi connectivity index (χ2v) is 4.86. The smallest absolute Gasteiger partial charge is 0.332 e. The van der Waals surface area contributed by atoms with Crippen LogP contribution in [-0.2, 0) is 18.8 Å². The molecule has 1 aromatic heterocycles. The number of nitrogens with zero attached hydrogens (tertiary/aromatic N) is 4. The predicted octanol–water partition coefficient (Wildman–Crippen LogP) is -0.429. The van der Waals surface area contributed by atoms with E-state index in [9.17, 15) is 14.9 Å². The number of nitriles is 1. The minimum absolute atomic E-state index is 0.00588. The second-order valence-electron chi connectivity index (χ2n) is 4.86. The Kier molecular flexibility index (Phi) is 3.95. The van der Waals surface area contributed by atoms with Crippen molar-refractivity contribution in [3.8, 4) is 6.07 Å². The fourth-order valence-electron chi connectivity index (χ4n) is 2.46. The Balaban J connectivity index is 2.60. The van der Waals surface area contributed by atoms with E-state index in [-0.39, 0.29) is 11.7 Å². The lowest BCUT2D eigenvalue weighted by Gasteiger charge is -2.35. The third-order valence-electron chi connectivity index (χ3n) is 3.64. The van der Waals surface area contributed by atoms with Crippen LogP contribution in [0.5, 0.6) is 0 Å². The van der Waals surface area contributed by atoms with Crippen LogP contribution in [0.25, 0.3) is 0 Å². The molecule has 0 aromatic carbocycles. The van der Waals surface area contributed by atoms with Crippen molar-refractivity contribution in [1.29, 1.82) is 5.26 Å². The zero-order chi connectivity index (χ0) is 14.9. The predicted molar refractivity (Wildman–Crippen MR) is 73.9 cm³/mol. The third kappa shape index (κ3) is 2.23. The van der Waals surface area contributed by atoms with Gasteiger partial charge >= 0.3 is 5.69 Å². The van der Waals surface area contributed by atoms with Crippen molar-refractivity contribution in [1.82, 2.24) is 9.13 Å². The molecule has 0 bridgehead atoms. The summed E-state index contributed by atoms with van der Waals surface area (Å²) in [5, 5.41) is 9.26. The number of morpholine rings is 1. The van der Waals surface area contributed by atoms with Gasteiger partial charge in [0.25, 0.3) is 5.56 Å². The normalized spacial score (nSPS) is 18.9. The van der Waals surface area contributed by atoms with Crippen LogP contribution in [0.4, 0.5) is 5.82 Å². The highest BCUT2D eigenvalue weighted by molar-refractivity contribution is 5.53. The summed E-state index contributed by atoms with van der Waals surface area (Å²) >= 11 is 0. The first-order chi connectivity index (χ1) is 9.51. The lowest BCUT2D eigenvalue weighted by molar-refractivity contribution is 0.0379. The van der Waals surface area contributed by atoms with Gasteiger partial charge in [-0.1, -0.05) is 6.92 Å². The highest BCUT2D eigenvalue weighted by Crippen LogP contribution is 2.19. The van der Waals surface area contributed by atoms with Gasteiger partial charge in [0, 0.05) is 27.2 Å². The summed E-state index contributed by atoms with van der Waals surface area (Å²) in [6.45, 7) is 3.67. The molecule has 0 amide bonds. The van der Waals surface area contributed by atoms with Gasteiger partial charge in [0.1, 0.15) is 11.9 Å². The largest absolute Gasteiger partial charge is 0.375 e. The Morgan fingerprint density at radius 3 is 2.65 bits per heavy atom. The van der Waals surface area contributed by atoms with Crippen LogP contribution in [0, 0.1) is 11.3 Å². The molecule has 1 fully saturated rings. The minimum Gasteiger partial charge on any atom is -0.375 e. The van der Waals surface area contributed by atoms with Gasteiger partial charge in [0.15, 0.2) is 5.56 Å². The maximum absolute atomic E-state index is 12.1. The first-order valence-corrected chi connectivity index (χ1v) is 6.57. The molecule has 1 aromatic rings. The van der Waals surface area contributed by atoms with E-state index >= 15 is 0 Å². The maximum Gasteiger partial charge on any atom is 0.332 e. The quantitative estimate of drug-likeness (QED) is 0.733. The highest BCUT2D eigenvalue weighted by Gasteiger charge is 2.25. The Labute approximate surface area is 116 Å². The molecule has 1 saturated heterocycles. The number of anilines is 1. The summed E-state index contributed by atoms with van der Waals surface area (Å²) in [4.78, 5) is 26.0. The van der Waals surface area contributed by atoms with Gasteiger partial charge in [-0.05, 0) is 6.42 Å². The van der Waals surface area contributed by atoms with Gasteiger partial charge in [-0.3, -0.25) is 13.9 Å². The van der Waals surface area contributed by atoms with Crippen molar-refractivity contribution in [2.75, 3.05) is 24.6 Å². The number of aromatic nitrogens is 2. The molecule has 108 valence electrons. The Morgan fingerprint density at radius 2 is 2.05 bits per heavy atom. The van der Waals surface area contributed by atoms with Crippen molar-refractivity contribution in [3.05, 3.63) is 26.4 Å². The third-order valence-corrected chi connectivity index (χ3v) is 3.64. The average Bonchev–Trinajstić information content (AvgIpc) is 2.48. The lowest BCUT2D eigenvalue weighted by Crippen LogP contribution is -2.48. The van der Waals surface area contributed by atoms with Crippen LogP contribution < -0.4 is 16.1 Å². The molecule has 0 N–H and O–H groups in total. The number of hydrogen-bond acceptors (Lipinski definition) is 5. The Bertz CT molecular complexity index is 668. The van der Waals surface area contributed by atoms with Crippen LogP contribution in [0.2, 0.25) is 0 Å². The van der Waals surface area contributed by atoms with E-state index in [1.807, 2.05) is 17.9 Å². The molecule has 20 heavy (non-hydrogen) atoms. The summed E-state index contributed by atoms with van der Waals surface area (Å²) in [7, 11) is 2.96. The maximum atomic E-state index is 12.1. The minimum atomic E-state index is -0.551. The standard InChI is InChI=1S/C13H18N4O3/c1-4-9-8-17(5-6-20-9)11-10(7-14)12(18)16(3)13(19)15(11)2/h9H,4-6,8H2,1-3H3/t9-/m0/s1. The van der Waals surface area contributed by atoms with Gasteiger partial charge < -0.3 is 9.64 Å². The Hall–Kier alpha value is -2.07. The van der Waals surface area contributed by atoms with Crippen molar-refractivity contribution in [2.24, 2.45) is 14.1 Å². The van der Waals surface area contributed by atoms with Gasteiger partial charge in [0.05, 0.1) is 12.7 Å². The van der Waals surface area contributed by atoms with Gasteiger partial charge in [-0.2, -0.15) is 5.26 Å². The molecular weight excluding hydrogens is 260 g/mol. The monoisotopic (exact) mass is 278 g/mol. The molecule has 1 aliphatic heterocycles. The van der Waals surface area contributed by atoms with Crippen molar-refractivity contribution in [2.45, 2.75) is 19.4 Å². The van der Waals surface area contributed by atoms with E-state index < -0.39 is 11.2 Å². The van der Waals surface area contributed by atoms with E-state index in [4.69, 9.17) is 4.74 Å². The van der Waals surface area contributed by atoms with E-state index in [2.05, 4.69) is 0 Å². The first kappa shape index (κ1) is 14.3. The topological polar surface area (TPSA) is 80.3 Å². The summed E-state index contributed by atoms with van der Waals surface area (Å²) in [6, 6.07) is 1.93. The molecule has 2 heterocycles. The van der Waals surface area contributed by atoms with Gasteiger partial charge in [-0.15, -0.1) is 0 Å². The zero-order valence-electron chi connectivity index (χ0n) is 11.9. The van der Waals surface area contributed by atoms with Gasteiger partial charge in [0.2, 0.25) is 0 Å². The number of hydrogen-bond donors (Lipinski definition) is 0. The van der Waals surface area contributed by atoms with Crippen LogP contribution >= 0.6 is 0 Å². The van der Waals surface area contributed by atoms with Crippen molar-refractivity contribution in [3.63, 3.8) is 0 Å². The van der Waals surface area contributed by atoms with Crippen molar-refractivity contribution < 1.29 is 4.74 Å². The molecule has 0 saturated carbocycles. The molecule has 7 heteroatoms. The Morgan fingerprint density at radius 1 is 1.35 bits per heavy atom. The summed E-state index contributed by atoms with van der Waals surface area (Å²) in [5.74, 6) is 0.391. The fourth-order valence-corrected chi connectivity index (χ4v) is 2.46. The van der Waals surface area contributed by atoms with E-state index in [0.29, 0.717) is 25.5 Å². The van der Waals surface area contributed by atoms with E-state index in [1.54, 1.807) is 7.05 Å². The number of ether oxygens (including phenoxy) is 1. The van der Waals surface area contributed by atoms with E-state index in [0.717, 1.165) is 11.0 Å². The zero-order valence-corrected chi connectivity index (χ0v) is 11.9. The molecule has 0 aliphatic carbocycles. The molecule has 1 aliphatic rings. The van der Waals surface area contributed by atoms with Gasteiger partial charge in [-0.25, -0.2) is 4.79 Å². The molecule has 0 spiro atoms. The molecule has 0 unspecified atom stereocenters. The van der Waals surface area contributed by atoms with Crippen molar-refractivity contribution >= 4 is 5.82 Å². The average molecular weight is 278 g/mol. The SMILES string of the molecule is CC[C@H]1CN(c2c(C#N)c(=O)n(C)c(=O)n2C)CCO1. The molecule has 2 rings (SSSR count). The summed E-state index contributed by atoms with van der Waals surface area (Å²) in [6.07, 6.45) is 0.895. The van der Waals surface area contributed by atoms with Crippen LogP contribution in [0.1, 0.15) is 18.9 Å². The van der Waals surface area contributed by atoms with Crippen LogP contribution in [0.3, 0.4) is 0 Å². The highest BCUT2D eigenvalue weighted by atomic mass is 16.5. The second kappa shape index (κ2) is 5.51. The van der Waals surface area contributed by atoms with Crippen LogP contribution in [-0.4, -0.2) is 34.9 Å². The summed E-state index contributed by atoms with van der Waals surface area (Å²) in [5.41, 5.74) is -0.972. The lowest BCUT2D eigenvalue weighted by atomic mass is 10.2. The fraction of sp³-hybridized carbons (Fsp3) is 0.615. The molecule has 0 radical (unpaired) electrons. The van der Waals surface area contributed by atoms with Crippen LogP contribution in [0.15, 0.2) is 9.59 Å². The molecular formula is C13H18N4O3.